The number of pyridine rings is 1. The zero-order valence-electron chi connectivity index (χ0n) is 14.5. The van der Waals surface area contributed by atoms with Crippen molar-refractivity contribution in [2.45, 2.75) is 12.6 Å². The summed E-state index contributed by atoms with van der Waals surface area (Å²) in [5.41, 5.74) is 3.98. The molecular formula is C21H20N4O. The van der Waals surface area contributed by atoms with Gasteiger partial charge in [0.1, 0.15) is 11.9 Å². The van der Waals surface area contributed by atoms with Gasteiger partial charge in [0, 0.05) is 43.3 Å². The SMILES string of the molecule is Cn1ccnc1[C@@H](O)c1ccc(NCc2cccc3cccnc23)cc1. The van der Waals surface area contributed by atoms with Gasteiger partial charge in [0.2, 0.25) is 0 Å². The zero-order valence-corrected chi connectivity index (χ0v) is 14.5. The molecular weight excluding hydrogens is 324 g/mol. The van der Waals surface area contributed by atoms with Crippen LogP contribution in [0.5, 0.6) is 0 Å². The van der Waals surface area contributed by atoms with Crippen LogP contribution >= 0.6 is 0 Å². The van der Waals surface area contributed by atoms with Crippen molar-refractivity contribution >= 4 is 16.6 Å². The van der Waals surface area contributed by atoms with Crippen LogP contribution in [0.2, 0.25) is 0 Å². The van der Waals surface area contributed by atoms with Crippen molar-refractivity contribution in [3.8, 4) is 0 Å². The van der Waals surface area contributed by atoms with Crippen LogP contribution in [0.25, 0.3) is 10.9 Å². The fourth-order valence-electron chi connectivity index (χ4n) is 3.08. The van der Waals surface area contributed by atoms with Gasteiger partial charge in [-0.1, -0.05) is 36.4 Å². The molecule has 0 aliphatic rings. The molecule has 0 saturated carbocycles. The largest absolute Gasteiger partial charge is 0.381 e. The highest BCUT2D eigenvalue weighted by Crippen LogP contribution is 2.22. The van der Waals surface area contributed by atoms with Crippen molar-refractivity contribution < 1.29 is 5.11 Å². The summed E-state index contributed by atoms with van der Waals surface area (Å²) >= 11 is 0. The van der Waals surface area contributed by atoms with Crippen molar-refractivity contribution in [1.82, 2.24) is 14.5 Å². The van der Waals surface area contributed by atoms with E-state index in [4.69, 9.17) is 0 Å². The molecule has 2 aromatic carbocycles. The molecule has 5 nitrogen and oxygen atoms in total. The fraction of sp³-hybridized carbons (Fsp3) is 0.143. The molecule has 130 valence electrons. The van der Waals surface area contributed by atoms with Crippen LogP contribution < -0.4 is 5.32 Å². The third-order valence-corrected chi connectivity index (χ3v) is 4.53. The Labute approximate surface area is 152 Å². The van der Waals surface area contributed by atoms with Crippen LogP contribution in [-0.2, 0) is 13.6 Å². The van der Waals surface area contributed by atoms with E-state index < -0.39 is 6.10 Å². The van der Waals surface area contributed by atoms with Gasteiger partial charge in [-0.2, -0.15) is 0 Å². The molecule has 4 aromatic rings. The van der Waals surface area contributed by atoms with Gasteiger partial charge in [0.15, 0.2) is 0 Å². The number of nitrogens with zero attached hydrogens (tertiary/aromatic N) is 3. The van der Waals surface area contributed by atoms with E-state index in [9.17, 15) is 5.11 Å². The molecule has 2 N–H and O–H groups in total. The smallest absolute Gasteiger partial charge is 0.142 e. The Hall–Kier alpha value is -3.18. The standard InChI is InChI=1S/C21H20N4O/c1-25-13-12-23-21(25)20(26)16-7-9-18(10-8-16)24-14-17-5-2-4-15-6-3-11-22-19(15)17/h2-13,20,24,26H,14H2,1H3/t20-/m0/s1. The van der Waals surface area contributed by atoms with E-state index in [1.807, 2.05) is 60.4 Å². The molecule has 2 aromatic heterocycles. The van der Waals surface area contributed by atoms with Crippen molar-refractivity contribution in [2.24, 2.45) is 7.05 Å². The maximum atomic E-state index is 10.5. The number of aromatic nitrogens is 3. The minimum absolute atomic E-state index is 0.632. The first kappa shape index (κ1) is 16.3. The van der Waals surface area contributed by atoms with E-state index in [0.717, 1.165) is 27.7 Å². The van der Waals surface area contributed by atoms with Gasteiger partial charge in [-0.05, 0) is 29.3 Å². The summed E-state index contributed by atoms with van der Waals surface area (Å²) in [6, 6.07) is 18.0. The third kappa shape index (κ3) is 3.17. The Morgan fingerprint density at radius 2 is 1.81 bits per heavy atom. The molecule has 0 spiro atoms. The van der Waals surface area contributed by atoms with Gasteiger partial charge in [-0.15, -0.1) is 0 Å². The van der Waals surface area contributed by atoms with Gasteiger partial charge in [0.25, 0.3) is 0 Å². The highest BCUT2D eigenvalue weighted by Gasteiger charge is 2.14. The number of aryl methyl sites for hydroxylation is 1. The Balaban J connectivity index is 1.48. The average Bonchev–Trinajstić information content (AvgIpc) is 3.12. The molecule has 0 bridgehead atoms. The highest BCUT2D eigenvalue weighted by atomic mass is 16.3. The van der Waals surface area contributed by atoms with Crippen LogP contribution in [0, 0.1) is 0 Å². The molecule has 2 heterocycles. The van der Waals surface area contributed by atoms with E-state index in [1.54, 1.807) is 6.20 Å². The minimum atomic E-state index is -0.730. The molecule has 0 amide bonds. The molecule has 0 saturated heterocycles. The Morgan fingerprint density at radius 1 is 1.00 bits per heavy atom. The lowest BCUT2D eigenvalue weighted by atomic mass is 10.1. The van der Waals surface area contributed by atoms with Gasteiger partial charge < -0.3 is 15.0 Å². The van der Waals surface area contributed by atoms with Crippen molar-refractivity contribution in [1.29, 1.82) is 0 Å². The average molecular weight is 344 g/mol. The van der Waals surface area contributed by atoms with Gasteiger partial charge in [0.05, 0.1) is 5.52 Å². The number of fused-ring (bicyclic) bond motifs is 1. The lowest BCUT2D eigenvalue weighted by Crippen LogP contribution is -2.07. The third-order valence-electron chi connectivity index (χ3n) is 4.53. The summed E-state index contributed by atoms with van der Waals surface area (Å²) in [5, 5.41) is 15.0. The first-order valence-electron chi connectivity index (χ1n) is 8.54. The molecule has 0 radical (unpaired) electrons. The number of anilines is 1. The molecule has 0 unspecified atom stereocenters. The Morgan fingerprint density at radius 3 is 2.58 bits per heavy atom. The number of hydrogen-bond acceptors (Lipinski definition) is 4. The molecule has 0 fully saturated rings. The summed E-state index contributed by atoms with van der Waals surface area (Å²) in [6.45, 7) is 0.690. The van der Waals surface area contributed by atoms with E-state index >= 15 is 0 Å². The van der Waals surface area contributed by atoms with Crippen LogP contribution in [0.3, 0.4) is 0 Å². The predicted molar refractivity (Wildman–Crippen MR) is 103 cm³/mol. The number of imidazole rings is 1. The molecule has 0 aliphatic carbocycles. The first-order chi connectivity index (χ1) is 12.7. The summed E-state index contributed by atoms with van der Waals surface area (Å²) < 4.78 is 1.82. The Kier molecular flexibility index (Phi) is 4.37. The number of hydrogen-bond donors (Lipinski definition) is 2. The topological polar surface area (TPSA) is 63.0 Å². The molecule has 1 atom stereocenters. The quantitative estimate of drug-likeness (QED) is 0.580. The lowest BCUT2D eigenvalue weighted by Gasteiger charge is -2.13. The van der Waals surface area contributed by atoms with Crippen molar-refractivity contribution in [2.75, 3.05) is 5.32 Å². The van der Waals surface area contributed by atoms with Crippen molar-refractivity contribution in [3.63, 3.8) is 0 Å². The molecule has 0 aliphatic heterocycles. The second-order valence-electron chi connectivity index (χ2n) is 6.27. The zero-order chi connectivity index (χ0) is 17.9. The van der Waals surface area contributed by atoms with Crippen LogP contribution in [0.1, 0.15) is 23.1 Å². The predicted octanol–water partition coefficient (Wildman–Crippen LogP) is 3.66. The first-order valence-corrected chi connectivity index (χ1v) is 8.54. The lowest BCUT2D eigenvalue weighted by molar-refractivity contribution is 0.206. The number of benzene rings is 2. The van der Waals surface area contributed by atoms with Crippen LogP contribution in [0.15, 0.2) is 73.2 Å². The van der Waals surface area contributed by atoms with E-state index in [2.05, 4.69) is 33.5 Å². The highest BCUT2D eigenvalue weighted by molar-refractivity contribution is 5.81. The molecule has 26 heavy (non-hydrogen) atoms. The number of nitrogens with one attached hydrogen (secondary N) is 1. The summed E-state index contributed by atoms with van der Waals surface area (Å²) in [7, 11) is 1.87. The van der Waals surface area contributed by atoms with Crippen LogP contribution in [-0.4, -0.2) is 19.6 Å². The minimum Gasteiger partial charge on any atom is -0.381 e. The maximum Gasteiger partial charge on any atom is 0.142 e. The van der Waals surface area contributed by atoms with E-state index in [0.29, 0.717) is 12.4 Å². The second-order valence-corrected chi connectivity index (χ2v) is 6.27. The second kappa shape index (κ2) is 6.98. The molecule has 4 rings (SSSR count). The summed E-state index contributed by atoms with van der Waals surface area (Å²) in [5.74, 6) is 0.632. The summed E-state index contributed by atoms with van der Waals surface area (Å²) in [4.78, 5) is 8.69. The number of aliphatic hydroxyl groups is 1. The van der Waals surface area contributed by atoms with Gasteiger partial charge in [-0.3, -0.25) is 4.98 Å². The molecule has 5 heteroatoms. The summed E-state index contributed by atoms with van der Waals surface area (Å²) in [6.07, 6.45) is 4.60. The van der Waals surface area contributed by atoms with Crippen molar-refractivity contribution in [3.05, 3.63) is 90.1 Å². The number of aliphatic hydroxyl groups excluding tert-OH is 1. The Bertz CT molecular complexity index is 1020. The number of para-hydroxylation sites is 1. The maximum absolute atomic E-state index is 10.5. The van der Waals surface area contributed by atoms with E-state index in [1.165, 1.54) is 0 Å². The normalized spacial score (nSPS) is 12.2. The monoisotopic (exact) mass is 344 g/mol. The van der Waals surface area contributed by atoms with Gasteiger partial charge >= 0.3 is 0 Å². The van der Waals surface area contributed by atoms with E-state index in [-0.39, 0.29) is 0 Å². The fourth-order valence-corrected chi connectivity index (χ4v) is 3.08. The van der Waals surface area contributed by atoms with Crippen LogP contribution in [0.4, 0.5) is 5.69 Å². The van der Waals surface area contributed by atoms with Gasteiger partial charge in [-0.25, -0.2) is 4.98 Å². The number of rotatable bonds is 5.